The zero-order valence-electron chi connectivity index (χ0n) is 12.1. The highest BCUT2D eigenvalue weighted by Gasteiger charge is 2.19. The third kappa shape index (κ3) is 3.84. The van der Waals surface area contributed by atoms with Gasteiger partial charge in [-0.2, -0.15) is 0 Å². The Morgan fingerprint density at radius 1 is 1.28 bits per heavy atom. The first kappa shape index (κ1) is 15.2. The average molecular weight is 267 g/mol. The molecule has 0 bridgehead atoms. The molecule has 0 fully saturated rings. The van der Waals surface area contributed by atoms with Crippen molar-refractivity contribution in [2.45, 2.75) is 41.0 Å². The van der Waals surface area contributed by atoms with E-state index in [1.54, 1.807) is 0 Å². The van der Waals surface area contributed by atoms with Crippen LogP contribution in [0.25, 0.3) is 0 Å². The molecule has 0 aliphatic carbocycles. The van der Waals surface area contributed by atoms with Gasteiger partial charge in [-0.25, -0.2) is 0 Å². The monoisotopic (exact) mass is 267 g/mol. The van der Waals surface area contributed by atoms with Crippen molar-refractivity contribution in [3.05, 3.63) is 21.9 Å². The van der Waals surface area contributed by atoms with Crippen LogP contribution in [0.1, 0.15) is 49.9 Å². The van der Waals surface area contributed by atoms with E-state index in [0.717, 1.165) is 23.4 Å². The minimum absolute atomic E-state index is 0.0909. The highest BCUT2D eigenvalue weighted by molar-refractivity contribution is 7.12. The van der Waals surface area contributed by atoms with E-state index < -0.39 is 0 Å². The molecule has 0 atom stereocenters. The van der Waals surface area contributed by atoms with Crippen molar-refractivity contribution in [3.8, 4) is 0 Å². The molecule has 0 saturated carbocycles. The predicted octanol–water partition coefficient (Wildman–Crippen LogP) is 3.97. The van der Waals surface area contributed by atoms with Gasteiger partial charge in [0, 0.05) is 6.54 Å². The Balaban J connectivity index is 2.60. The SMILES string of the molecule is CCc1ccsc1C(=O)NCC(C(C)C)C(C)C. The summed E-state index contributed by atoms with van der Waals surface area (Å²) < 4.78 is 0. The maximum absolute atomic E-state index is 12.1. The fraction of sp³-hybridized carbons (Fsp3) is 0.667. The summed E-state index contributed by atoms with van der Waals surface area (Å²) in [6.07, 6.45) is 0.921. The normalized spacial score (nSPS) is 11.6. The van der Waals surface area contributed by atoms with Crippen LogP contribution >= 0.6 is 11.3 Å². The lowest BCUT2D eigenvalue weighted by atomic mass is 9.85. The maximum Gasteiger partial charge on any atom is 0.261 e. The molecule has 1 aromatic rings. The lowest BCUT2D eigenvalue weighted by Gasteiger charge is -2.25. The Kier molecular flexibility index (Phi) is 5.86. The number of carbonyl (C=O) groups is 1. The van der Waals surface area contributed by atoms with Crippen molar-refractivity contribution < 1.29 is 4.79 Å². The number of nitrogens with one attached hydrogen (secondary N) is 1. The van der Waals surface area contributed by atoms with Crippen LogP contribution in [-0.4, -0.2) is 12.5 Å². The minimum Gasteiger partial charge on any atom is -0.351 e. The van der Waals surface area contributed by atoms with Gasteiger partial charge in [0.2, 0.25) is 0 Å². The van der Waals surface area contributed by atoms with Gasteiger partial charge >= 0.3 is 0 Å². The summed E-state index contributed by atoms with van der Waals surface area (Å²) in [4.78, 5) is 13.0. The molecule has 2 nitrogen and oxygen atoms in total. The fourth-order valence-electron chi connectivity index (χ4n) is 2.35. The molecule has 0 spiro atoms. The standard InChI is InChI=1S/C15H25NOS/c1-6-12-7-8-18-14(12)15(17)16-9-13(10(2)3)11(4)5/h7-8,10-11,13H,6,9H2,1-5H3,(H,16,17). The van der Waals surface area contributed by atoms with Crippen LogP contribution in [0.15, 0.2) is 11.4 Å². The number of amides is 1. The van der Waals surface area contributed by atoms with Crippen molar-refractivity contribution in [1.29, 1.82) is 0 Å². The quantitative estimate of drug-likeness (QED) is 0.830. The van der Waals surface area contributed by atoms with Gasteiger partial charge in [0.15, 0.2) is 0 Å². The van der Waals surface area contributed by atoms with Crippen molar-refractivity contribution >= 4 is 17.2 Å². The molecule has 1 aromatic heterocycles. The van der Waals surface area contributed by atoms with E-state index in [-0.39, 0.29) is 5.91 Å². The van der Waals surface area contributed by atoms with Crippen LogP contribution in [0.4, 0.5) is 0 Å². The smallest absolute Gasteiger partial charge is 0.261 e. The van der Waals surface area contributed by atoms with Crippen molar-refractivity contribution in [2.75, 3.05) is 6.54 Å². The number of rotatable bonds is 6. The third-order valence-corrected chi connectivity index (χ3v) is 4.50. The van der Waals surface area contributed by atoms with Crippen molar-refractivity contribution in [1.82, 2.24) is 5.32 Å². The number of aryl methyl sites for hydroxylation is 1. The van der Waals surface area contributed by atoms with E-state index in [1.165, 1.54) is 11.3 Å². The lowest BCUT2D eigenvalue weighted by molar-refractivity contribution is 0.0940. The van der Waals surface area contributed by atoms with E-state index in [0.29, 0.717) is 17.8 Å². The predicted molar refractivity (Wildman–Crippen MR) is 79.2 cm³/mol. The van der Waals surface area contributed by atoms with E-state index in [2.05, 4.69) is 39.9 Å². The number of thiophene rings is 1. The van der Waals surface area contributed by atoms with Gasteiger partial charge in [-0.05, 0) is 41.2 Å². The van der Waals surface area contributed by atoms with Crippen LogP contribution in [0.2, 0.25) is 0 Å². The van der Waals surface area contributed by atoms with E-state index in [1.807, 2.05) is 11.4 Å². The molecule has 0 aliphatic heterocycles. The summed E-state index contributed by atoms with van der Waals surface area (Å²) in [5.74, 6) is 1.82. The summed E-state index contributed by atoms with van der Waals surface area (Å²) in [5.41, 5.74) is 1.16. The topological polar surface area (TPSA) is 29.1 Å². The molecular formula is C15H25NOS. The molecule has 0 radical (unpaired) electrons. The second kappa shape index (κ2) is 6.93. The molecule has 0 aromatic carbocycles. The lowest BCUT2D eigenvalue weighted by Crippen LogP contribution is -2.33. The van der Waals surface area contributed by atoms with E-state index >= 15 is 0 Å². The van der Waals surface area contributed by atoms with Gasteiger partial charge in [0.25, 0.3) is 5.91 Å². The Morgan fingerprint density at radius 2 is 1.89 bits per heavy atom. The zero-order chi connectivity index (χ0) is 13.7. The molecule has 1 heterocycles. The summed E-state index contributed by atoms with van der Waals surface area (Å²) in [5, 5.41) is 5.09. The third-order valence-electron chi connectivity index (χ3n) is 3.54. The van der Waals surface area contributed by atoms with Gasteiger partial charge in [0.1, 0.15) is 0 Å². The number of hydrogen-bond acceptors (Lipinski definition) is 2. The largest absolute Gasteiger partial charge is 0.351 e. The second-order valence-electron chi connectivity index (χ2n) is 5.49. The van der Waals surface area contributed by atoms with Gasteiger partial charge in [0.05, 0.1) is 4.88 Å². The molecule has 1 rings (SSSR count). The van der Waals surface area contributed by atoms with Crippen LogP contribution in [0.5, 0.6) is 0 Å². The van der Waals surface area contributed by atoms with E-state index in [4.69, 9.17) is 0 Å². The first-order chi connectivity index (χ1) is 8.47. The fourth-order valence-corrected chi connectivity index (χ4v) is 3.26. The molecular weight excluding hydrogens is 242 g/mol. The minimum atomic E-state index is 0.0909. The van der Waals surface area contributed by atoms with Crippen LogP contribution in [-0.2, 0) is 6.42 Å². The molecule has 1 amide bonds. The first-order valence-corrected chi connectivity index (χ1v) is 7.69. The average Bonchev–Trinajstić information content (AvgIpc) is 2.75. The van der Waals surface area contributed by atoms with Crippen molar-refractivity contribution in [3.63, 3.8) is 0 Å². The highest BCUT2D eigenvalue weighted by atomic mass is 32.1. The highest BCUT2D eigenvalue weighted by Crippen LogP contribution is 2.21. The van der Waals surface area contributed by atoms with Crippen molar-refractivity contribution in [2.24, 2.45) is 17.8 Å². The van der Waals surface area contributed by atoms with Crippen LogP contribution < -0.4 is 5.32 Å². The summed E-state index contributed by atoms with van der Waals surface area (Å²) in [6.45, 7) is 11.7. The molecule has 1 N–H and O–H groups in total. The number of carbonyl (C=O) groups excluding carboxylic acids is 1. The van der Waals surface area contributed by atoms with Gasteiger partial charge < -0.3 is 5.32 Å². The molecule has 0 unspecified atom stereocenters. The molecule has 102 valence electrons. The molecule has 0 aliphatic rings. The Morgan fingerprint density at radius 3 is 2.39 bits per heavy atom. The summed E-state index contributed by atoms with van der Waals surface area (Å²) in [6, 6.07) is 2.04. The van der Waals surface area contributed by atoms with Gasteiger partial charge in [-0.1, -0.05) is 34.6 Å². The summed E-state index contributed by atoms with van der Waals surface area (Å²) >= 11 is 1.54. The summed E-state index contributed by atoms with van der Waals surface area (Å²) in [7, 11) is 0. The Labute approximate surface area is 115 Å². The second-order valence-corrected chi connectivity index (χ2v) is 6.41. The number of hydrogen-bond donors (Lipinski definition) is 1. The Hall–Kier alpha value is -0.830. The van der Waals surface area contributed by atoms with Gasteiger partial charge in [-0.3, -0.25) is 4.79 Å². The molecule has 0 saturated heterocycles. The molecule has 3 heteroatoms. The maximum atomic E-state index is 12.1. The van der Waals surface area contributed by atoms with Gasteiger partial charge in [-0.15, -0.1) is 11.3 Å². The molecule has 18 heavy (non-hydrogen) atoms. The van der Waals surface area contributed by atoms with Crippen LogP contribution in [0, 0.1) is 17.8 Å². The Bertz CT molecular complexity index is 374. The first-order valence-electron chi connectivity index (χ1n) is 6.81. The zero-order valence-corrected chi connectivity index (χ0v) is 12.9. The van der Waals surface area contributed by atoms with E-state index in [9.17, 15) is 4.79 Å². The van der Waals surface area contributed by atoms with Crippen LogP contribution in [0.3, 0.4) is 0 Å².